The lowest BCUT2D eigenvalue weighted by Crippen LogP contribution is -2.47. The van der Waals surface area contributed by atoms with E-state index in [0.717, 1.165) is 42.7 Å². The highest BCUT2D eigenvalue weighted by atomic mass is 16.6. The highest BCUT2D eigenvalue weighted by Gasteiger charge is 2.44. The number of para-hydroxylation sites is 1. The largest absolute Gasteiger partial charge is 0.484 e. The van der Waals surface area contributed by atoms with Crippen molar-refractivity contribution >= 4 is 10.9 Å². The molecule has 2 aromatic carbocycles. The van der Waals surface area contributed by atoms with Gasteiger partial charge in [0, 0.05) is 31.4 Å². The van der Waals surface area contributed by atoms with E-state index in [1.54, 1.807) is 0 Å². The molecule has 0 amide bonds. The molecule has 126 valence electrons. The van der Waals surface area contributed by atoms with E-state index in [2.05, 4.69) is 40.2 Å². The van der Waals surface area contributed by atoms with Crippen molar-refractivity contribution in [1.82, 2.24) is 9.88 Å². The Morgan fingerprint density at radius 3 is 2.80 bits per heavy atom. The minimum atomic E-state index is -0.281. The predicted octanol–water partition coefficient (Wildman–Crippen LogP) is 3.65. The van der Waals surface area contributed by atoms with Crippen molar-refractivity contribution in [2.24, 2.45) is 0 Å². The second-order valence-corrected chi connectivity index (χ2v) is 7.00. The van der Waals surface area contributed by atoms with Crippen LogP contribution in [0.15, 0.2) is 60.7 Å². The molecule has 0 saturated carbocycles. The van der Waals surface area contributed by atoms with Crippen molar-refractivity contribution in [1.29, 1.82) is 0 Å². The summed E-state index contributed by atoms with van der Waals surface area (Å²) in [5, 5.41) is 1.08. The van der Waals surface area contributed by atoms with E-state index < -0.39 is 0 Å². The first-order valence-corrected chi connectivity index (χ1v) is 8.78. The fourth-order valence-corrected chi connectivity index (χ4v) is 3.80. The monoisotopic (exact) mass is 332 g/mol. The molecular formula is C21H20N2O2. The van der Waals surface area contributed by atoms with E-state index in [1.807, 2.05) is 30.3 Å². The molecular weight excluding hydrogens is 312 g/mol. The Kier molecular flexibility index (Phi) is 3.38. The van der Waals surface area contributed by atoms with E-state index in [1.165, 1.54) is 5.56 Å². The number of hydrogen-bond donors (Lipinski definition) is 0. The van der Waals surface area contributed by atoms with Gasteiger partial charge < -0.3 is 9.47 Å². The molecule has 1 saturated heterocycles. The van der Waals surface area contributed by atoms with Crippen molar-refractivity contribution in [2.45, 2.75) is 18.6 Å². The number of pyridine rings is 1. The average molecular weight is 332 g/mol. The molecule has 1 spiro atoms. The van der Waals surface area contributed by atoms with Gasteiger partial charge in [0.25, 0.3) is 5.88 Å². The van der Waals surface area contributed by atoms with Crippen LogP contribution in [0.5, 0.6) is 11.6 Å². The van der Waals surface area contributed by atoms with Gasteiger partial charge in [0.1, 0.15) is 6.61 Å². The fraction of sp³-hybridized carbons (Fsp3) is 0.286. The molecule has 2 aliphatic heterocycles. The van der Waals surface area contributed by atoms with Crippen LogP contribution in [-0.4, -0.2) is 35.2 Å². The summed E-state index contributed by atoms with van der Waals surface area (Å²) in [6.07, 6.45) is 0.966. The molecule has 1 aromatic heterocycles. The first-order chi connectivity index (χ1) is 12.3. The second-order valence-electron chi connectivity index (χ2n) is 7.00. The summed E-state index contributed by atoms with van der Waals surface area (Å²) in [6, 6.07) is 20.7. The van der Waals surface area contributed by atoms with Crippen LogP contribution in [-0.2, 0) is 6.54 Å². The molecule has 1 fully saturated rings. The quantitative estimate of drug-likeness (QED) is 0.717. The van der Waals surface area contributed by atoms with Gasteiger partial charge >= 0.3 is 0 Å². The third-order valence-electron chi connectivity index (χ3n) is 5.10. The van der Waals surface area contributed by atoms with Gasteiger partial charge in [-0.2, -0.15) is 0 Å². The third-order valence-corrected chi connectivity index (χ3v) is 5.10. The second kappa shape index (κ2) is 5.74. The molecule has 0 aliphatic carbocycles. The van der Waals surface area contributed by atoms with Crippen molar-refractivity contribution in [3.05, 3.63) is 66.2 Å². The number of likely N-dealkylation sites (tertiary alicyclic amines) is 1. The number of rotatable bonds is 2. The SMILES string of the molecule is c1ccc(CN2CCC3(COc4cc5ccccc5nc4O3)C2)cc1. The molecule has 4 heteroatoms. The molecule has 5 rings (SSSR count). The van der Waals surface area contributed by atoms with Gasteiger partial charge in [-0.15, -0.1) is 0 Å². The fourth-order valence-electron chi connectivity index (χ4n) is 3.80. The lowest BCUT2D eigenvalue weighted by molar-refractivity contribution is -0.00524. The number of nitrogens with zero attached hydrogens (tertiary/aromatic N) is 2. The van der Waals surface area contributed by atoms with Crippen LogP contribution in [0.25, 0.3) is 10.9 Å². The first-order valence-electron chi connectivity index (χ1n) is 8.78. The summed E-state index contributed by atoms with van der Waals surface area (Å²) in [6.45, 7) is 3.42. The van der Waals surface area contributed by atoms with E-state index in [4.69, 9.17) is 9.47 Å². The Bertz CT molecular complexity index is 912. The maximum Gasteiger partial charge on any atom is 0.258 e. The van der Waals surface area contributed by atoms with Crippen LogP contribution in [0.1, 0.15) is 12.0 Å². The highest BCUT2D eigenvalue weighted by Crippen LogP contribution is 2.39. The van der Waals surface area contributed by atoms with Crippen molar-refractivity contribution in [2.75, 3.05) is 19.7 Å². The zero-order valence-corrected chi connectivity index (χ0v) is 14.0. The molecule has 0 bridgehead atoms. The normalized spacial score (nSPS) is 22.6. The van der Waals surface area contributed by atoms with Gasteiger partial charge in [0.15, 0.2) is 11.4 Å². The number of fused-ring (bicyclic) bond motifs is 2. The highest BCUT2D eigenvalue weighted by molar-refractivity contribution is 5.81. The number of benzene rings is 2. The predicted molar refractivity (Wildman–Crippen MR) is 96.9 cm³/mol. The summed E-state index contributed by atoms with van der Waals surface area (Å²) in [4.78, 5) is 7.11. The Balaban J connectivity index is 1.37. The first kappa shape index (κ1) is 14.7. The maximum atomic E-state index is 6.38. The van der Waals surface area contributed by atoms with E-state index in [0.29, 0.717) is 12.5 Å². The Morgan fingerprint density at radius 1 is 1.04 bits per heavy atom. The average Bonchev–Trinajstić information content (AvgIpc) is 3.03. The summed E-state index contributed by atoms with van der Waals surface area (Å²) in [5.41, 5.74) is 2.00. The zero-order valence-electron chi connectivity index (χ0n) is 14.0. The summed E-state index contributed by atoms with van der Waals surface area (Å²) < 4.78 is 12.4. The van der Waals surface area contributed by atoms with Crippen molar-refractivity contribution < 1.29 is 9.47 Å². The van der Waals surface area contributed by atoms with Crippen LogP contribution < -0.4 is 9.47 Å². The van der Waals surface area contributed by atoms with Crippen LogP contribution in [0.4, 0.5) is 0 Å². The topological polar surface area (TPSA) is 34.6 Å². The van der Waals surface area contributed by atoms with E-state index in [9.17, 15) is 0 Å². The van der Waals surface area contributed by atoms with Gasteiger partial charge in [0.2, 0.25) is 0 Å². The maximum absolute atomic E-state index is 6.38. The molecule has 3 heterocycles. The van der Waals surface area contributed by atoms with Crippen LogP contribution in [0, 0.1) is 0 Å². The van der Waals surface area contributed by atoms with E-state index in [-0.39, 0.29) is 5.60 Å². The lowest BCUT2D eigenvalue weighted by Gasteiger charge is -2.34. The molecule has 1 unspecified atom stereocenters. The summed E-state index contributed by atoms with van der Waals surface area (Å²) in [7, 11) is 0. The molecule has 2 aliphatic rings. The lowest BCUT2D eigenvalue weighted by atomic mass is 10.0. The molecule has 25 heavy (non-hydrogen) atoms. The molecule has 1 atom stereocenters. The van der Waals surface area contributed by atoms with Gasteiger partial charge in [-0.05, 0) is 17.7 Å². The number of aromatic nitrogens is 1. The van der Waals surface area contributed by atoms with Crippen LogP contribution >= 0.6 is 0 Å². The summed E-state index contributed by atoms with van der Waals surface area (Å²) >= 11 is 0. The van der Waals surface area contributed by atoms with Crippen LogP contribution in [0.3, 0.4) is 0 Å². The number of ether oxygens (including phenoxy) is 2. The van der Waals surface area contributed by atoms with Gasteiger partial charge in [-0.3, -0.25) is 4.90 Å². The van der Waals surface area contributed by atoms with Crippen LogP contribution in [0.2, 0.25) is 0 Å². The molecule has 0 radical (unpaired) electrons. The standard InChI is InChI=1S/C21H20N2O2/c1-2-6-16(7-3-1)13-23-11-10-21(14-23)15-24-19-12-17-8-4-5-9-18(17)22-20(19)25-21/h1-9,12H,10-11,13-15H2. The Morgan fingerprint density at radius 2 is 1.88 bits per heavy atom. The molecule has 3 aromatic rings. The zero-order chi connectivity index (χ0) is 16.7. The number of hydrogen-bond acceptors (Lipinski definition) is 4. The van der Waals surface area contributed by atoms with Crippen molar-refractivity contribution in [3.63, 3.8) is 0 Å². The Hall–Kier alpha value is -2.59. The Labute approximate surface area is 147 Å². The van der Waals surface area contributed by atoms with Gasteiger partial charge in [-0.1, -0.05) is 48.5 Å². The van der Waals surface area contributed by atoms with Gasteiger partial charge in [-0.25, -0.2) is 4.98 Å². The van der Waals surface area contributed by atoms with E-state index >= 15 is 0 Å². The smallest absolute Gasteiger partial charge is 0.258 e. The van der Waals surface area contributed by atoms with Gasteiger partial charge in [0.05, 0.1) is 5.52 Å². The minimum Gasteiger partial charge on any atom is -0.484 e. The summed E-state index contributed by atoms with van der Waals surface area (Å²) in [5.74, 6) is 1.39. The minimum absolute atomic E-state index is 0.281. The molecule has 0 N–H and O–H groups in total. The van der Waals surface area contributed by atoms with Crippen molar-refractivity contribution in [3.8, 4) is 11.6 Å². The third kappa shape index (κ3) is 2.72. The molecule has 4 nitrogen and oxygen atoms in total.